The summed E-state index contributed by atoms with van der Waals surface area (Å²) in [5, 5.41) is 21.6. The number of rotatable bonds is 9. The van der Waals surface area contributed by atoms with Gasteiger partial charge in [0.25, 0.3) is 0 Å². The Morgan fingerprint density at radius 1 is 1.10 bits per heavy atom. The van der Waals surface area contributed by atoms with Gasteiger partial charge in [-0.2, -0.15) is 12.6 Å². The van der Waals surface area contributed by atoms with Gasteiger partial charge < -0.3 is 15.2 Å². The van der Waals surface area contributed by atoms with Gasteiger partial charge in [-0.3, -0.25) is 10.1 Å². The van der Waals surface area contributed by atoms with Crippen molar-refractivity contribution in [2.24, 2.45) is 0 Å². The van der Waals surface area contributed by atoms with Crippen molar-refractivity contribution in [2.45, 2.75) is 30.1 Å². The van der Waals surface area contributed by atoms with E-state index in [9.17, 15) is 24.8 Å². The van der Waals surface area contributed by atoms with Gasteiger partial charge in [0.15, 0.2) is 0 Å². The minimum absolute atomic E-state index is 0.0154. The molecule has 30 heavy (non-hydrogen) atoms. The van der Waals surface area contributed by atoms with Gasteiger partial charge in [-0.1, -0.05) is 48.5 Å². The number of nitrogens with one attached hydrogen (secondary N) is 1. The molecule has 9 heteroatoms. The zero-order valence-corrected chi connectivity index (χ0v) is 17.0. The number of amides is 1. The third kappa shape index (κ3) is 5.10. The monoisotopic (exact) mass is 430 g/mol. The Morgan fingerprint density at radius 2 is 1.67 bits per heavy atom. The molecule has 0 aromatic heterocycles. The molecule has 8 nitrogen and oxygen atoms in total. The fourth-order valence-corrected chi connectivity index (χ4v) is 3.94. The van der Waals surface area contributed by atoms with Gasteiger partial charge in [-0.05, 0) is 35.1 Å². The maximum atomic E-state index is 12.2. The van der Waals surface area contributed by atoms with Crippen LogP contribution in [0.5, 0.6) is 0 Å². The lowest BCUT2D eigenvalue weighted by Gasteiger charge is -2.18. The Balaban J connectivity index is 1.59. The number of carbonyl (C=O) groups excluding carboxylic acids is 1. The lowest BCUT2D eigenvalue weighted by atomic mass is 9.98. The molecule has 3 rings (SSSR count). The van der Waals surface area contributed by atoms with Crippen LogP contribution in [0.3, 0.4) is 0 Å². The van der Waals surface area contributed by atoms with Crippen LogP contribution in [0.2, 0.25) is 0 Å². The Morgan fingerprint density at radius 3 is 2.20 bits per heavy atom. The minimum atomic E-state index is -1.23. The standard InChI is InChI=1S/C21H22N2O6S/c24-20(25)19(10-9-13(30)11-23(27)28)22-21(26)29-12-18-16-7-3-1-5-14(16)15-6-2-4-8-17(15)18/h1-8,13,18-19,30H,9-12H2,(H,22,26)(H,24,25)/t13?,19-/m0/s1. The van der Waals surface area contributed by atoms with Crippen molar-refractivity contribution in [2.75, 3.05) is 13.2 Å². The number of nitro groups is 1. The van der Waals surface area contributed by atoms with E-state index in [0.29, 0.717) is 0 Å². The van der Waals surface area contributed by atoms with Gasteiger partial charge in [0.1, 0.15) is 12.6 Å². The van der Waals surface area contributed by atoms with Crippen LogP contribution in [-0.2, 0) is 9.53 Å². The van der Waals surface area contributed by atoms with Crippen molar-refractivity contribution in [3.8, 4) is 11.1 Å². The first kappa shape index (κ1) is 21.6. The topological polar surface area (TPSA) is 119 Å². The molecule has 1 unspecified atom stereocenters. The summed E-state index contributed by atoms with van der Waals surface area (Å²) in [5.74, 6) is -1.36. The summed E-state index contributed by atoms with van der Waals surface area (Å²) in [4.78, 5) is 33.7. The zero-order chi connectivity index (χ0) is 21.7. The molecule has 2 N–H and O–H groups in total. The smallest absolute Gasteiger partial charge is 0.407 e. The van der Waals surface area contributed by atoms with Gasteiger partial charge in [-0.25, -0.2) is 9.59 Å². The van der Waals surface area contributed by atoms with Crippen LogP contribution in [0.25, 0.3) is 11.1 Å². The largest absolute Gasteiger partial charge is 0.480 e. The second-order valence-electron chi connectivity index (χ2n) is 7.11. The van der Waals surface area contributed by atoms with Crippen LogP contribution in [-0.4, -0.2) is 46.5 Å². The first-order valence-electron chi connectivity index (χ1n) is 9.51. The second-order valence-corrected chi connectivity index (χ2v) is 7.84. The van der Waals surface area contributed by atoms with E-state index in [1.165, 1.54) is 0 Å². The van der Waals surface area contributed by atoms with E-state index in [-0.39, 0.29) is 31.9 Å². The van der Waals surface area contributed by atoms with Crippen molar-refractivity contribution in [3.05, 3.63) is 69.8 Å². The van der Waals surface area contributed by atoms with E-state index >= 15 is 0 Å². The number of thiol groups is 1. The first-order chi connectivity index (χ1) is 14.4. The van der Waals surface area contributed by atoms with Crippen molar-refractivity contribution in [3.63, 3.8) is 0 Å². The molecule has 0 fully saturated rings. The normalized spacial score (nSPS) is 14.3. The average molecular weight is 430 g/mol. The molecule has 1 aliphatic rings. The predicted molar refractivity (Wildman–Crippen MR) is 113 cm³/mol. The van der Waals surface area contributed by atoms with Gasteiger partial charge in [-0.15, -0.1) is 0 Å². The van der Waals surface area contributed by atoms with E-state index in [1.54, 1.807) is 0 Å². The Bertz CT molecular complexity index is 905. The molecule has 0 radical (unpaired) electrons. The fraction of sp³-hybridized carbons (Fsp3) is 0.333. The first-order valence-corrected chi connectivity index (χ1v) is 10.0. The third-order valence-corrected chi connectivity index (χ3v) is 5.50. The average Bonchev–Trinajstić information content (AvgIpc) is 3.02. The number of fused-ring (bicyclic) bond motifs is 3. The van der Waals surface area contributed by atoms with E-state index < -0.39 is 28.3 Å². The highest BCUT2D eigenvalue weighted by Gasteiger charge is 2.30. The molecule has 0 spiro atoms. The number of nitrogens with zero attached hydrogens (tertiary/aromatic N) is 1. The number of alkyl carbamates (subject to hydrolysis) is 1. The summed E-state index contributed by atoms with van der Waals surface area (Å²) in [6, 6.07) is 14.6. The molecule has 0 bridgehead atoms. The summed E-state index contributed by atoms with van der Waals surface area (Å²) < 4.78 is 5.35. The molecule has 0 saturated carbocycles. The number of carboxylic acid groups (broad SMARTS) is 1. The Labute approximate surface area is 178 Å². The summed E-state index contributed by atoms with van der Waals surface area (Å²) in [6.07, 6.45) is -0.652. The molecule has 2 atom stereocenters. The number of hydrogen-bond acceptors (Lipinski definition) is 6. The van der Waals surface area contributed by atoms with Crippen LogP contribution in [0.4, 0.5) is 4.79 Å². The van der Waals surface area contributed by atoms with E-state index in [1.807, 2.05) is 48.5 Å². The van der Waals surface area contributed by atoms with Crippen molar-refractivity contribution in [1.82, 2.24) is 5.32 Å². The summed E-state index contributed by atoms with van der Waals surface area (Å²) in [7, 11) is 0. The molecule has 0 heterocycles. The van der Waals surface area contributed by atoms with Crippen LogP contribution in [0, 0.1) is 10.1 Å². The van der Waals surface area contributed by atoms with E-state index in [0.717, 1.165) is 22.3 Å². The van der Waals surface area contributed by atoms with Crippen molar-refractivity contribution < 1.29 is 24.4 Å². The van der Waals surface area contributed by atoms with Gasteiger partial charge in [0.2, 0.25) is 6.54 Å². The number of aliphatic carboxylic acids is 1. The number of carbonyl (C=O) groups is 2. The summed E-state index contributed by atoms with van der Waals surface area (Å²) in [6.45, 7) is -0.302. The molecular weight excluding hydrogens is 408 g/mol. The molecule has 158 valence electrons. The Hall–Kier alpha value is -3.07. The van der Waals surface area contributed by atoms with E-state index in [2.05, 4.69) is 17.9 Å². The molecule has 2 aromatic carbocycles. The molecule has 1 aliphatic carbocycles. The minimum Gasteiger partial charge on any atom is -0.480 e. The quantitative estimate of drug-likeness (QED) is 0.319. The third-order valence-electron chi connectivity index (χ3n) is 5.08. The summed E-state index contributed by atoms with van der Waals surface area (Å²) in [5.41, 5.74) is 4.30. The lowest BCUT2D eigenvalue weighted by Crippen LogP contribution is -2.42. The molecule has 0 aliphatic heterocycles. The number of carboxylic acids is 1. The molecule has 2 aromatic rings. The van der Waals surface area contributed by atoms with Gasteiger partial charge in [0, 0.05) is 10.8 Å². The number of benzene rings is 2. The Kier molecular flexibility index (Phi) is 6.94. The predicted octanol–water partition coefficient (Wildman–Crippen LogP) is 3.33. The SMILES string of the molecule is O=C(N[C@@H](CCC(S)C[N+](=O)[O-])C(=O)O)OCC1c2ccccc2-c2ccccc21. The zero-order valence-electron chi connectivity index (χ0n) is 16.1. The van der Waals surface area contributed by atoms with Crippen LogP contribution in [0.15, 0.2) is 48.5 Å². The highest BCUT2D eigenvalue weighted by molar-refractivity contribution is 7.81. The fourth-order valence-electron chi connectivity index (χ4n) is 3.66. The van der Waals surface area contributed by atoms with Crippen LogP contribution < -0.4 is 5.32 Å². The van der Waals surface area contributed by atoms with Gasteiger partial charge >= 0.3 is 12.1 Å². The van der Waals surface area contributed by atoms with Crippen molar-refractivity contribution >= 4 is 24.7 Å². The van der Waals surface area contributed by atoms with E-state index in [4.69, 9.17) is 4.74 Å². The maximum absolute atomic E-state index is 12.2. The maximum Gasteiger partial charge on any atom is 0.407 e. The molecular formula is C21H22N2O6S. The van der Waals surface area contributed by atoms with Crippen LogP contribution >= 0.6 is 12.6 Å². The molecule has 1 amide bonds. The highest BCUT2D eigenvalue weighted by atomic mass is 32.1. The summed E-state index contributed by atoms with van der Waals surface area (Å²) >= 11 is 4.08. The number of hydrogen-bond donors (Lipinski definition) is 3. The molecule has 0 saturated heterocycles. The number of ether oxygens (including phenoxy) is 1. The van der Waals surface area contributed by atoms with Crippen LogP contribution in [0.1, 0.15) is 29.9 Å². The second kappa shape index (κ2) is 9.62. The lowest BCUT2D eigenvalue weighted by molar-refractivity contribution is -0.479. The highest BCUT2D eigenvalue weighted by Crippen LogP contribution is 2.44. The van der Waals surface area contributed by atoms with Crippen molar-refractivity contribution in [1.29, 1.82) is 0 Å². The van der Waals surface area contributed by atoms with Gasteiger partial charge in [0.05, 0.1) is 5.25 Å².